The van der Waals surface area contributed by atoms with E-state index in [2.05, 4.69) is 4.98 Å². The van der Waals surface area contributed by atoms with Crippen LogP contribution in [0.4, 0.5) is 0 Å². The third-order valence-electron chi connectivity index (χ3n) is 6.27. The summed E-state index contributed by atoms with van der Waals surface area (Å²) >= 11 is 0. The highest BCUT2D eigenvalue weighted by Gasteiger charge is 2.29. The van der Waals surface area contributed by atoms with Crippen LogP contribution in [0.2, 0.25) is 0 Å². The first kappa shape index (κ1) is 23.1. The molecule has 3 heterocycles. The highest BCUT2D eigenvalue weighted by Crippen LogP contribution is 2.29. The molecule has 0 bridgehead atoms. The molecule has 0 fully saturated rings. The van der Waals surface area contributed by atoms with Gasteiger partial charge in [-0.2, -0.15) is 0 Å². The fourth-order valence-electron chi connectivity index (χ4n) is 4.34. The van der Waals surface area contributed by atoms with Gasteiger partial charge in [-0.05, 0) is 35.4 Å². The molecular weight excluding hydrogens is 486 g/mol. The van der Waals surface area contributed by atoms with Gasteiger partial charge in [0.1, 0.15) is 36.7 Å². The van der Waals surface area contributed by atoms with Crippen LogP contribution >= 0.6 is 0 Å². The topological polar surface area (TPSA) is 90.2 Å². The first-order valence-corrected chi connectivity index (χ1v) is 13.4. The monoisotopic (exact) mass is 509 g/mol. The van der Waals surface area contributed by atoms with Gasteiger partial charge in [-0.25, -0.2) is 23.4 Å². The van der Waals surface area contributed by atoms with Gasteiger partial charge in [0.25, 0.3) is 0 Å². The lowest BCUT2D eigenvalue weighted by atomic mass is 10.1. The minimum absolute atomic E-state index is 0.0719. The Balaban J connectivity index is 1.43. The van der Waals surface area contributed by atoms with Gasteiger partial charge in [0.15, 0.2) is 0 Å². The number of hydrogen-bond donors (Lipinski definition) is 0. The number of rotatable bonds is 6. The first-order chi connectivity index (χ1) is 18.1. The summed E-state index contributed by atoms with van der Waals surface area (Å²) in [4.78, 5) is 14.4. The van der Waals surface area contributed by atoms with Gasteiger partial charge in [0, 0.05) is 0 Å². The van der Waals surface area contributed by atoms with E-state index in [1.807, 2.05) is 60.7 Å². The lowest BCUT2D eigenvalue weighted by Crippen LogP contribution is -2.13. The number of pyridine rings is 1. The molecule has 4 aromatic rings. The third-order valence-corrected chi connectivity index (χ3v) is 8.02. The van der Waals surface area contributed by atoms with E-state index in [9.17, 15) is 8.42 Å². The van der Waals surface area contributed by atoms with Gasteiger partial charge in [-0.1, -0.05) is 78.9 Å². The highest BCUT2D eigenvalue weighted by molar-refractivity contribution is 7.91. The van der Waals surface area contributed by atoms with E-state index in [4.69, 9.17) is 19.5 Å². The van der Waals surface area contributed by atoms with Crippen LogP contribution in [0.3, 0.4) is 0 Å². The minimum atomic E-state index is -3.84. The maximum Gasteiger partial charge on any atom is 0.236 e. The van der Waals surface area contributed by atoms with Crippen molar-refractivity contribution in [3.8, 4) is 0 Å². The van der Waals surface area contributed by atoms with Crippen molar-refractivity contribution in [2.24, 2.45) is 9.98 Å². The van der Waals surface area contributed by atoms with E-state index in [-0.39, 0.29) is 21.9 Å². The van der Waals surface area contributed by atoms with Crippen LogP contribution < -0.4 is 0 Å². The van der Waals surface area contributed by atoms with Crippen LogP contribution in [-0.2, 0) is 19.3 Å². The molecule has 0 amide bonds. The molecule has 37 heavy (non-hydrogen) atoms. The highest BCUT2D eigenvalue weighted by atomic mass is 32.2. The lowest BCUT2D eigenvalue weighted by Gasteiger charge is -2.10. The van der Waals surface area contributed by atoms with Crippen LogP contribution in [0.5, 0.6) is 0 Å². The first-order valence-electron chi connectivity index (χ1n) is 11.9. The van der Waals surface area contributed by atoms with E-state index in [0.717, 1.165) is 11.1 Å². The summed E-state index contributed by atoms with van der Waals surface area (Å²) in [5.41, 5.74) is 2.67. The van der Waals surface area contributed by atoms with E-state index in [1.165, 1.54) is 12.1 Å². The molecule has 7 nitrogen and oxygen atoms in total. The number of nitrogens with zero attached hydrogens (tertiary/aromatic N) is 3. The standard InChI is InChI=1S/C29H23N3O4S/c33-37(34,22-14-8-3-9-15-22)23-16-24(28-31-26(18-35-28)20-10-4-1-5-11-20)30-25(17-23)29-32-27(19-36-29)21-12-6-2-7-13-21/h1-17,26-27H,18-19H2. The SMILES string of the molecule is O=S(=O)(c1ccccc1)c1cc(C2=NC(c3ccccc3)CO2)nc(C2=NC(c3ccccc3)CO2)c1. The maximum absolute atomic E-state index is 13.6. The fourth-order valence-corrected chi connectivity index (χ4v) is 5.66. The molecule has 0 radical (unpaired) electrons. The molecule has 0 aliphatic carbocycles. The van der Waals surface area contributed by atoms with Gasteiger partial charge in [0.05, 0.1) is 9.79 Å². The summed E-state index contributed by atoms with van der Waals surface area (Å²) < 4.78 is 38.9. The number of hydrogen-bond acceptors (Lipinski definition) is 7. The summed E-state index contributed by atoms with van der Waals surface area (Å²) in [6.07, 6.45) is 0. The number of sulfone groups is 1. The van der Waals surface area contributed by atoms with Gasteiger partial charge in [0.2, 0.25) is 21.6 Å². The summed E-state index contributed by atoms with van der Waals surface area (Å²) in [5, 5.41) is 0. The molecule has 0 spiro atoms. The number of aliphatic imine (C=N–C) groups is 2. The summed E-state index contributed by atoms with van der Waals surface area (Å²) in [6, 6.07) is 30.5. The van der Waals surface area contributed by atoms with Gasteiger partial charge in [-0.15, -0.1) is 0 Å². The van der Waals surface area contributed by atoms with Crippen molar-refractivity contribution in [1.29, 1.82) is 0 Å². The second-order valence-corrected chi connectivity index (χ2v) is 10.7. The molecule has 0 saturated carbocycles. The zero-order valence-corrected chi connectivity index (χ0v) is 20.6. The predicted octanol–water partition coefficient (Wildman–Crippen LogP) is 4.95. The molecule has 0 saturated heterocycles. The third kappa shape index (κ3) is 4.63. The van der Waals surface area contributed by atoms with Crippen molar-refractivity contribution in [2.75, 3.05) is 13.2 Å². The fraction of sp³-hybridized carbons (Fsp3) is 0.138. The van der Waals surface area contributed by atoms with Crippen molar-refractivity contribution in [3.05, 3.63) is 126 Å². The van der Waals surface area contributed by atoms with E-state index in [1.54, 1.807) is 30.3 Å². The minimum Gasteiger partial charge on any atom is -0.474 e. The molecule has 184 valence electrons. The van der Waals surface area contributed by atoms with Gasteiger partial charge < -0.3 is 9.47 Å². The molecule has 1 aromatic heterocycles. The maximum atomic E-state index is 13.6. The largest absolute Gasteiger partial charge is 0.474 e. The average Bonchev–Trinajstić information content (AvgIpc) is 3.65. The summed E-state index contributed by atoms with van der Waals surface area (Å²) in [6.45, 7) is 0.694. The van der Waals surface area contributed by atoms with Crippen molar-refractivity contribution in [1.82, 2.24) is 4.98 Å². The Morgan fingerprint density at radius 1 is 0.595 bits per heavy atom. The zero-order chi connectivity index (χ0) is 25.2. The van der Waals surface area contributed by atoms with E-state index in [0.29, 0.717) is 36.4 Å². The molecule has 8 heteroatoms. The molecule has 6 rings (SSSR count). The summed E-state index contributed by atoms with van der Waals surface area (Å²) in [7, 11) is -3.84. The Bertz CT molecular complexity index is 1500. The quantitative estimate of drug-likeness (QED) is 0.367. The van der Waals surface area contributed by atoms with Crippen LogP contribution in [-0.4, -0.2) is 38.4 Å². The Kier molecular flexibility index (Phi) is 6.02. The van der Waals surface area contributed by atoms with Crippen LogP contribution in [0.25, 0.3) is 0 Å². The smallest absolute Gasteiger partial charge is 0.236 e. The normalized spacial score (nSPS) is 19.0. The summed E-state index contributed by atoms with van der Waals surface area (Å²) in [5.74, 6) is 0.580. The molecule has 2 atom stereocenters. The van der Waals surface area contributed by atoms with Crippen LogP contribution in [0, 0.1) is 0 Å². The molecule has 2 aliphatic heterocycles. The zero-order valence-electron chi connectivity index (χ0n) is 19.8. The van der Waals surface area contributed by atoms with Crippen molar-refractivity contribution in [3.63, 3.8) is 0 Å². The van der Waals surface area contributed by atoms with Crippen LogP contribution in [0.1, 0.15) is 34.6 Å². The second-order valence-electron chi connectivity index (χ2n) is 8.73. The van der Waals surface area contributed by atoms with Crippen molar-refractivity contribution < 1.29 is 17.9 Å². The molecule has 2 unspecified atom stereocenters. The molecule has 0 N–H and O–H groups in total. The Labute approximate surface area is 215 Å². The molecular formula is C29H23N3O4S. The Hall–Kier alpha value is -4.30. The number of aromatic nitrogens is 1. The Morgan fingerprint density at radius 3 is 1.49 bits per heavy atom. The van der Waals surface area contributed by atoms with Crippen molar-refractivity contribution in [2.45, 2.75) is 21.9 Å². The van der Waals surface area contributed by atoms with E-state index >= 15 is 0 Å². The molecule has 3 aromatic carbocycles. The number of benzene rings is 3. The average molecular weight is 510 g/mol. The van der Waals surface area contributed by atoms with Crippen molar-refractivity contribution >= 4 is 21.6 Å². The van der Waals surface area contributed by atoms with Gasteiger partial charge >= 0.3 is 0 Å². The Morgan fingerprint density at radius 2 is 1.03 bits per heavy atom. The lowest BCUT2D eigenvalue weighted by molar-refractivity contribution is 0.317. The predicted molar refractivity (Wildman–Crippen MR) is 139 cm³/mol. The second kappa shape index (κ2) is 9.63. The van der Waals surface area contributed by atoms with E-state index < -0.39 is 9.84 Å². The molecule has 2 aliphatic rings. The van der Waals surface area contributed by atoms with Gasteiger partial charge in [-0.3, -0.25) is 0 Å². The van der Waals surface area contributed by atoms with Crippen LogP contribution in [0.15, 0.2) is 123 Å². The number of ether oxygens (including phenoxy) is 2.